The predicted octanol–water partition coefficient (Wildman–Crippen LogP) is 3.17. The van der Waals surface area contributed by atoms with Crippen molar-refractivity contribution in [2.45, 2.75) is 6.61 Å². The first-order valence-corrected chi connectivity index (χ1v) is 8.72. The van der Waals surface area contributed by atoms with E-state index in [9.17, 15) is 5.11 Å². The summed E-state index contributed by atoms with van der Waals surface area (Å²) in [6.07, 6.45) is 7.36. The molecular weight excluding hydrogens is 356 g/mol. The molecule has 28 heavy (non-hydrogen) atoms. The van der Waals surface area contributed by atoms with Crippen LogP contribution in [-0.2, 0) is 13.7 Å². The van der Waals surface area contributed by atoms with Crippen LogP contribution < -0.4 is 0 Å². The maximum Gasteiger partial charge on any atom is 0.258 e. The summed E-state index contributed by atoms with van der Waals surface area (Å²) in [5.41, 5.74) is 4.93. The zero-order valence-electron chi connectivity index (χ0n) is 15.0. The summed E-state index contributed by atoms with van der Waals surface area (Å²) in [7, 11) is 1.88. The van der Waals surface area contributed by atoms with Crippen molar-refractivity contribution in [2.75, 3.05) is 0 Å². The monoisotopic (exact) mass is 372 g/mol. The largest absolute Gasteiger partial charge is 0.392 e. The summed E-state index contributed by atoms with van der Waals surface area (Å²) >= 11 is 0. The normalized spacial score (nSPS) is 11.4. The second-order valence-corrected chi connectivity index (χ2v) is 6.46. The number of aryl methyl sites for hydroxylation is 1. The van der Waals surface area contributed by atoms with E-state index in [4.69, 9.17) is 4.52 Å². The van der Waals surface area contributed by atoms with E-state index in [1.54, 1.807) is 17.1 Å². The summed E-state index contributed by atoms with van der Waals surface area (Å²) in [6.45, 7) is -0.0979. The Morgan fingerprint density at radius 2 is 2.04 bits per heavy atom. The fourth-order valence-corrected chi connectivity index (χ4v) is 3.23. The Morgan fingerprint density at radius 1 is 1.14 bits per heavy atom. The van der Waals surface area contributed by atoms with Crippen LogP contribution in [0.3, 0.4) is 0 Å². The van der Waals surface area contributed by atoms with E-state index in [-0.39, 0.29) is 6.61 Å². The highest BCUT2D eigenvalue weighted by atomic mass is 16.5. The molecule has 0 aliphatic rings. The van der Waals surface area contributed by atoms with Crippen LogP contribution in [-0.4, -0.2) is 35.0 Å². The Balaban J connectivity index is 1.59. The van der Waals surface area contributed by atoms with Gasteiger partial charge in [-0.3, -0.25) is 4.68 Å². The molecule has 138 valence electrons. The van der Waals surface area contributed by atoms with Crippen LogP contribution in [0.4, 0.5) is 0 Å². The van der Waals surface area contributed by atoms with Gasteiger partial charge < -0.3 is 14.6 Å². The molecule has 0 bridgehead atoms. The number of aliphatic hydroxyl groups is 1. The van der Waals surface area contributed by atoms with E-state index < -0.39 is 0 Å². The molecule has 8 nitrogen and oxygen atoms in total. The number of nitrogens with one attached hydrogen (secondary N) is 1. The fourth-order valence-electron chi connectivity index (χ4n) is 3.23. The number of hydrogen-bond acceptors (Lipinski definition) is 6. The van der Waals surface area contributed by atoms with E-state index in [0.29, 0.717) is 11.7 Å². The predicted molar refractivity (Wildman–Crippen MR) is 103 cm³/mol. The van der Waals surface area contributed by atoms with Gasteiger partial charge in [0.1, 0.15) is 5.65 Å². The third-order valence-electron chi connectivity index (χ3n) is 4.65. The average Bonchev–Trinajstić information content (AvgIpc) is 3.46. The Labute approximate surface area is 159 Å². The van der Waals surface area contributed by atoms with Crippen molar-refractivity contribution in [3.8, 4) is 34.0 Å². The van der Waals surface area contributed by atoms with Crippen molar-refractivity contribution in [3.63, 3.8) is 0 Å². The molecule has 0 saturated carbocycles. The molecule has 0 fully saturated rings. The molecule has 4 heterocycles. The molecule has 0 aliphatic heterocycles. The van der Waals surface area contributed by atoms with Crippen LogP contribution in [0, 0.1) is 0 Å². The lowest BCUT2D eigenvalue weighted by molar-refractivity contribution is 0.282. The van der Waals surface area contributed by atoms with Gasteiger partial charge in [-0.25, -0.2) is 4.98 Å². The Kier molecular flexibility index (Phi) is 3.77. The lowest BCUT2D eigenvalue weighted by atomic mass is 10.1. The van der Waals surface area contributed by atoms with Gasteiger partial charge in [0.25, 0.3) is 5.89 Å². The number of benzene rings is 1. The maximum atomic E-state index is 9.54. The Hall–Kier alpha value is -3.78. The van der Waals surface area contributed by atoms with E-state index >= 15 is 0 Å². The van der Waals surface area contributed by atoms with Gasteiger partial charge in [-0.15, -0.1) is 0 Å². The minimum Gasteiger partial charge on any atom is -0.392 e. The molecule has 0 spiro atoms. The summed E-state index contributed by atoms with van der Waals surface area (Å²) in [6, 6.07) is 9.43. The van der Waals surface area contributed by atoms with Crippen molar-refractivity contribution in [3.05, 3.63) is 60.7 Å². The van der Waals surface area contributed by atoms with E-state index in [1.807, 2.05) is 49.8 Å². The van der Waals surface area contributed by atoms with Crippen LogP contribution in [0.1, 0.15) is 5.56 Å². The highest BCUT2D eigenvalue weighted by Gasteiger charge is 2.17. The van der Waals surface area contributed by atoms with Crippen molar-refractivity contribution in [1.82, 2.24) is 29.9 Å². The number of fused-ring (bicyclic) bond motifs is 1. The third-order valence-corrected chi connectivity index (χ3v) is 4.65. The van der Waals surface area contributed by atoms with Crippen LogP contribution in [0.15, 0.2) is 59.6 Å². The smallest absolute Gasteiger partial charge is 0.258 e. The number of hydrogen-bond donors (Lipinski definition) is 2. The summed E-state index contributed by atoms with van der Waals surface area (Å²) in [4.78, 5) is 12.2. The van der Waals surface area contributed by atoms with Crippen molar-refractivity contribution >= 4 is 11.0 Å². The number of nitrogens with zero attached hydrogens (tertiary/aromatic N) is 5. The minimum atomic E-state index is -0.0979. The lowest BCUT2D eigenvalue weighted by Gasteiger charge is -2.01. The number of aromatic nitrogens is 6. The fraction of sp³-hybridized carbons (Fsp3) is 0.100. The molecule has 5 aromatic rings. The van der Waals surface area contributed by atoms with Gasteiger partial charge in [-0.1, -0.05) is 23.4 Å². The second kappa shape index (κ2) is 6.43. The van der Waals surface area contributed by atoms with E-state index in [2.05, 4.69) is 25.2 Å². The number of H-pyrrole nitrogens is 1. The minimum absolute atomic E-state index is 0.0979. The molecule has 0 amide bonds. The average molecular weight is 372 g/mol. The van der Waals surface area contributed by atoms with Crippen LogP contribution >= 0.6 is 0 Å². The van der Waals surface area contributed by atoms with Crippen molar-refractivity contribution in [2.24, 2.45) is 7.05 Å². The van der Waals surface area contributed by atoms with E-state index in [0.717, 1.165) is 38.9 Å². The topological polar surface area (TPSA) is 106 Å². The van der Waals surface area contributed by atoms with Gasteiger partial charge in [0.15, 0.2) is 0 Å². The summed E-state index contributed by atoms with van der Waals surface area (Å²) in [5.74, 6) is 0.824. The standard InChI is InChI=1S/C20H16N6O2/c1-26-10-14(8-23-26)13-6-16-17(9-22-18(16)21-7-13)19-24-20(28-25-19)15-5-3-2-4-12(15)11-27/h2-10,27H,11H2,1H3,(H,21,22). The number of aromatic amines is 1. The summed E-state index contributed by atoms with van der Waals surface area (Å²) < 4.78 is 7.22. The Morgan fingerprint density at radius 3 is 2.86 bits per heavy atom. The number of pyridine rings is 1. The highest BCUT2D eigenvalue weighted by Crippen LogP contribution is 2.31. The zero-order valence-corrected chi connectivity index (χ0v) is 15.0. The molecule has 8 heteroatoms. The van der Waals surface area contributed by atoms with Crippen molar-refractivity contribution in [1.29, 1.82) is 0 Å². The molecule has 2 N–H and O–H groups in total. The lowest BCUT2D eigenvalue weighted by Crippen LogP contribution is -1.89. The SMILES string of the molecule is Cn1cc(-c2cnc3[nH]cc(-c4noc(-c5ccccc5CO)n4)c3c2)cn1. The van der Waals surface area contributed by atoms with Gasteiger partial charge in [0.2, 0.25) is 5.82 Å². The molecule has 0 atom stereocenters. The quantitative estimate of drug-likeness (QED) is 0.502. The van der Waals surface area contributed by atoms with Gasteiger partial charge in [0.05, 0.1) is 12.8 Å². The zero-order chi connectivity index (χ0) is 19.1. The molecular formula is C20H16N6O2. The molecule has 0 saturated heterocycles. The van der Waals surface area contributed by atoms with E-state index in [1.165, 1.54) is 0 Å². The summed E-state index contributed by atoms with van der Waals surface area (Å²) in [5, 5.41) is 18.8. The Bertz CT molecular complexity index is 1280. The van der Waals surface area contributed by atoms with Gasteiger partial charge in [-0.2, -0.15) is 10.1 Å². The number of rotatable bonds is 4. The van der Waals surface area contributed by atoms with Crippen LogP contribution in [0.5, 0.6) is 0 Å². The molecule has 0 aliphatic carbocycles. The highest BCUT2D eigenvalue weighted by molar-refractivity contribution is 5.94. The van der Waals surface area contributed by atoms with Gasteiger partial charge in [-0.05, 0) is 17.7 Å². The first-order chi connectivity index (χ1) is 13.7. The molecule has 0 unspecified atom stereocenters. The first kappa shape index (κ1) is 16.4. The maximum absolute atomic E-state index is 9.54. The number of aliphatic hydroxyl groups excluding tert-OH is 1. The first-order valence-electron chi connectivity index (χ1n) is 8.72. The van der Waals surface area contributed by atoms with Crippen molar-refractivity contribution < 1.29 is 9.63 Å². The molecule has 0 radical (unpaired) electrons. The van der Waals surface area contributed by atoms with Gasteiger partial charge in [0, 0.05) is 53.3 Å². The van der Waals surface area contributed by atoms with Gasteiger partial charge >= 0.3 is 0 Å². The molecule has 1 aromatic carbocycles. The molecule has 5 rings (SSSR count). The second-order valence-electron chi connectivity index (χ2n) is 6.46. The molecule has 4 aromatic heterocycles. The third kappa shape index (κ3) is 2.67. The van der Waals surface area contributed by atoms with Crippen LogP contribution in [0.2, 0.25) is 0 Å². The van der Waals surface area contributed by atoms with Crippen LogP contribution in [0.25, 0.3) is 45.0 Å².